The molecule has 0 aliphatic rings. The Morgan fingerprint density at radius 2 is 1.79 bits per heavy atom. The van der Waals surface area contributed by atoms with Gasteiger partial charge in [-0.15, -0.1) is 0 Å². The zero-order valence-corrected chi connectivity index (χ0v) is 20.8. The van der Waals surface area contributed by atoms with Crippen molar-refractivity contribution in [3.8, 4) is 5.75 Å². The molecule has 1 aromatic heterocycles. The van der Waals surface area contributed by atoms with Gasteiger partial charge in [0.25, 0.3) is 5.91 Å². The molecular formula is C25H27ClN2O5S. The van der Waals surface area contributed by atoms with E-state index in [4.69, 9.17) is 16.3 Å². The highest BCUT2D eigenvalue weighted by Crippen LogP contribution is 2.20. The van der Waals surface area contributed by atoms with E-state index in [1.807, 2.05) is 44.2 Å². The number of benzene rings is 2. The molecule has 0 unspecified atom stereocenters. The summed E-state index contributed by atoms with van der Waals surface area (Å²) >= 11 is 5.93. The van der Waals surface area contributed by atoms with Crippen LogP contribution in [0.2, 0.25) is 5.02 Å². The molecule has 34 heavy (non-hydrogen) atoms. The standard InChI is InChI=1S/C25H27ClN2O5S/c1-17(2)27-25(30)23-24(33-16-18-8-5-4-6-9-18)22(29)15-20(28(23)3)12-13-34(31,32)21-11-7-10-19(26)14-21/h4-11,14-15,17H,12-13,16H2,1-3H3,(H,27,30). The molecule has 0 radical (unpaired) electrons. The minimum absolute atomic E-state index is 0.0293. The summed E-state index contributed by atoms with van der Waals surface area (Å²) in [6.07, 6.45) is 0.0293. The summed E-state index contributed by atoms with van der Waals surface area (Å²) in [4.78, 5) is 26.1. The molecule has 0 spiro atoms. The van der Waals surface area contributed by atoms with E-state index in [2.05, 4.69) is 5.32 Å². The molecule has 0 fully saturated rings. The highest BCUT2D eigenvalue weighted by atomic mass is 35.5. The van der Waals surface area contributed by atoms with E-state index in [0.717, 1.165) is 5.56 Å². The number of ether oxygens (including phenoxy) is 1. The van der Waals surface area contributed by atoms with Gasteiger partial charge in [-0.2, -0.15) is 0 Å². The summed E-state index contributed by atoms with van der Waals surface area (Å²) in [5.74, 6) is -0.807. The maximum atomic E-state index is 13.0. The van der Waals surface area contributed by atoms with Crippen LogP contribution in [0.15, 0.2) is 70.4 Å². The van der Waals surface area contributed by atoms with Crippen LogP contribution in [0.1, 0.15) is 35.6 Å². The molecule has 0 saturated heterocycles. The fraction of sp³-hybridized carbons (Fsp3) is 0.280. The van der Waals surface area contributed by atoms with Gasteiger partial charge in [0.2, 0.25) is 5.43 Å². The van der Waals surface area contributed by atoms with Gasteiger partial charge in [0, 0.05) is 36.3 Å². The summed E-state index contributed by atoms with van der Waals surface area (Å²) in [5, 5.41) is 3.11. The van der Waals surface area contributed by atoms with E-state index < -0.39 is 21.2 Å². The Balaban J connectivity index is 1.94. The van der Waals surface area contributed by atoms with E-state index in [9.17, 15) is 18.0 Å². The summed E-state index contributed by atoms with van der Waals surface area (Å²) in [5.41, 5.74) is 0.804. The second-order valence-corrected chi connectivity index (χ2v) is 10.7. The minimum atomic E-state index is -3.65. The fourth-order valence-corrected chi connectivity index (χ4v) is 5.00. The van der Waals surface area contributed by atoms with Crippen molar-refractivity contribution in [3.63, 3.8) is 0 Å². The van der Waals surface area contributed by atoms with E-state index in [0.29, 0.717) is 10.7 Å². The third kappa shape index (κ3) is 6.27. The number of hydrogen-bond donors (Lipinski definition) is 1. The van der Waals surface area contributed by atoms with Gasteiger partial charge < -0.3 is 14.6 Å². The number of carbonyl (C=O) groups is 1. The summed E-state index contributed by atoms with van der Waals surface area (Å²) < 4.78 is 32.9. The van der Waals surface area contributed by atoms with Crippen LogP contribution in [0.25, 0.3) is 0 Å². The van der Waals surface area contributed by atoms with Crippen LogP contribution in [0, 0.1) is 0 Å². The van der Waals surface area contributed by atoms with Crippen molar-refractivity contribution in [2.45, 2.75) is 37.8 Å². The van der Waals surface area contributed by atoms with Crippen molar-refractivity contribution in [2.75, 3.05) is 5.75 Å². The lowest BCUT2D eigenvalue weighted by Gasteiger charge is -2.19. The van der Waals surface area contributed by atoms with Gasteiger partial charge in [0.1, 0.15) is 6.61 Å². The lowest BCUT2D eigenvalue weighted by molar-refractivity contribution is 0.0927. The molecule has 9 heteroatoms. The van der Waals surface area contributed by atoms with Gasteiger partial charge >= 0.3 is 0 Å². The van der Waals surface area contributed by atoms with Gasteiger partial charge in [0.15, 0.2) is 21.3 Å². The molecule has 3 rings (SSSR count). The zero-order chi connectivity index (χ0) is 24.9. The second kappa shape index (κ2) is 10.9. The average molecular weight is 503 g/mol. The molecule has 0 saturated carbocycles. The number of sulfone groups is 1. The molecule has 0 bridgehead atoms. The van der Waals surface area contributed by atoms with Gasteiger partial charge in [-0.05, 0) is 37.6 Å². The number of carbonyl (C=O) groups excluding carboxylic acids is 1. The number of rotatable bonds is 9. The zero-order valence-electron chi connectivity index (χ0n) is 19.2. The minimum Gasteiger partial charge on any atom is -0.483 e. The van der Waals surface area contributed by atoms with E-state index in [1.54, 1.807) is 19.2 Å². The van der Waals surface area contributed by atoms with Crippen molar-refractivity contribution < 1.29 is 17.9 Å². The van der Waals surface area contributed by atoms with Crippen molar-refractivity contribution in [1.29, 1.82) is 0 Å². The second-order valence-electron chi connectivity index (χ2n) is 8.17. The fourth-order valence-electron chi connectivity index (χ4n) is 3.44. The number of aryl methyl sites for hydroxylation is 1. The number of pyridine rings is 1. The van der Waals surface area contributed by atoms with Crippen LogP contribution < -0.4 is 15.5 Å². The van der Waals surface area contributed by atoms with Crippen molar-refractivity contribution in [1.82, 2.24) is 9.88 Å². The molecule has 1 heterocycles. The molecule has 3 aromatic rings. The normalized spacial score (nSPS) is 11.4. The monoisotopic (exact) mass is 502 g/mol. The molecule has 7 nitrogen and oxygen atoms in total. The Labute approximate surface area is 204 Å². The molecule has 1 N–H and O–H groups in total. The Kier molecular flexibility index (Phi) is 8.17. The first-order valence-electron chi connectivity index (χ1n) is 10.8. The maximum absolute atomic E-state index is 13.0. The number of aromatic nitrogens is 1. The largest absolute Gasteiger partial charge is 0.483 e. The Bertz CT molecular complexity index is 1340. The third-order valence-electron chi connectivity index (χ3n) is 5.15. The molecule has 2 aromatic carbocycles. The number of halogens is 1. The van der Waals surface area contributed by atoms with Gasteiger partial charge in [-0.25, -0.2) is 8.42 Å². The van der Waals surface area contributed by atoms with Crippen LogP contribution in [-0.2, 0) is 29.9 Å². The molecule has 0 aliphatic heterocycles. The third-order valence-corrected chi connectivity index (χ3v) is 7.09. The molecule has 1 amide bonds. The lowest BCUT2D eigenvalue weighted by Crippen LogP contribution is -2.34. The average Bonchev–Trinajstić information content (AvgIpc) is 2.78. The highest BCUT2D eigenvalue weighted by molar-refractivity contribution is 7.91. The Morgan fingerprint density at radius 3 is 2.44 bits per heavy atom. The van der Waals surface area contributed by atoms with E-state index >= 15 is 0 Å². The van der Waals surface area contributed by atoms with Crippen LogP contribution >= 0.6 is 11.6 Å². The van der Waals surface area contributed by atoms with Crippen molar-refractivity contribution in [2.24, 2.45) is 7.05 Å². The lowest BCUT2D eigenvalue weighted by atomic mass is 10.2. The molecule has 0 aliphatic carbocycles. The van der Waals surface area contributed by atoms with Gasteiger partial charge in [0.05, 0.1) is 10.6 Å². The van der Waals surface area contributed by atoms with Crippen molar-refractivity contribution in [3.05, 3.63) is 92.9 Å². The number of hydrogen-bond acceptors (Lipinski definition) is 5. The summed E-state index contributed by atoms with van der Waals surface area (Å²) in [6.45, 7) is 3.73. The van der Waals surface area contributed by atoms with Crippen LogP contribution in [-0.4, -0.2) is 30.7 Å². The molecule has 0 atom stereocenters. The number of nitrogens with one attached hydrogen (secondary N) is 1. The van der Waals surface area contributed by atoms with E-state index in [1.165, 1.54) is 22.8 Å². The predicted molar refractivity (Wildman–Crippen MR) is 132 cm³/mol. The van der Waals surface area contributed by atoms with Crippen LogP contribution in [0.5, 0.6) is 5.75 Å². The first-order valence-corrected chi connectivity index (χ1v) is 12.8. The predicted octanol–water partition coefficient (Wildman–Crippen LogP) is 3.77. The quantitative estimate of drug-likeness (QED) is 0.480. The van der Waals surface area contributed by atoms with E-state index in [-0.39, 0.29) is 41.2 Å². The van der Waals surface area contributed by atoms with Crippen molar-refractivity contribution >= 4 is 27.3 Å². The maximum Gasteiger partial charge on any atom is 0.272 e. The highest BCUT2D eigenvalue weighted by Gasteiger charge is 2.23. The van der Waals surface area contributed by atoms with Gasteiger partial charge in [-0.1, -0.05) is 48.0 Å². The SMILES string of the molecule is CC(C)NC(=O)c1c(OCc2ccccc2)c(=O)cc(CCS(=O)(=O)c2cccc(Cl)c2)n1C. The van der Waals surface area contributed by atoms with Crippen LogP contribution in [0.4, 0.5) is 0 Å². The number of amides is 1. The first kappa shape index (κ1) is 25.5. The van der Waals surface area contributed by atoms with Crippen LogP contribution in [0.3, 0.4) is 0 Å². The van der Waals surface area contributed by atoms with Gasteiger partial charge in [-0.3, -0.25) is 9.59 Å². The Morgan fingerprint density at radius 1 is 1.09 bits per heavy atom. The number of nitrogens with zero attached hydrogens (tertiary/aromatic N) is 1. The first-order chi connectivity index (χ1) is 16.1. The topological polar surface area (TPSA) is 94.5 Å². The molecular weight excluding hydrogens is 476 g/mol. The smallest absolute Gasteiger partial charge is 0.272 e. The molecule has 180 valence electrons. The summed E-state index contributed by atoms with van der Waals surface area (Å²) in [7, 11) is -2.03. The Hall–Kier alpha value is -3.10. The summed E-state index contributed by atoms with van der Waals surface area (Å²) in [6, 6.07) is 16.5.